The Bertz CT molecular complexity index is 1030. The maximum Gasteiger partial charge on any atom is 0.338 e. The zero-order chi connectivity index (χ0) is 26.1. The molecule has 1 saturated carbocycles. The molecule has 0 saturated heterocycles. The van der Waals surface area contributed by atoms with Crippen LogP contribution >= 0.6 is 0 Å². The second kappa shape index (κ2) is 12.9. The van der Waals surface area contributed by atoms with Crippen LogP contribution < -0.4 is 5.32 Å². The van der Waals surface area contributed by atoms with Gasteiger partial charge in [-0.3, -0.25) is 4.79 Å². The molecule has 1 fully saturated rings. The highest BCUT2D eigenvalue weighted by Crippen LogP contribution is 2.37. The lowest BCUT2D eigenvalue weighted by atomic mass is 9.79. The van der Waals surface area contributed by atoms with Crippen LogP contribution in [0.3, 0.4) is 0 Å². The average molecular weight is 491 g/mol. The maximum absolute atomic E-state index is 13.0. The van der Waals surface area contributed by atoms with E-state index in [1.54, 1.807) is 0 Å². The quantitative estimate of drug-likeness (QED) is 0.417. The summed E-state index contributed by atoms with van der Waals surface area (Å²) >= 11 is 0. The Hall–Kier alpha value is -2.92. The molecule has 0 atom stereocenters. The average Bonchev–Trinajstić information content (AvgIpc) is 2.85. The van der Waals surface area contributed by atoms with Crippen LogP contribution in [0.5, 0.6) is 0 Å². The lowest BCUT2D eigenvalue weighted by molar-refractivity contribution is -0.133. The van der Waals surface area contributed by atoms with E-state index in [0.29, 0.717) is 24.4 Å². The van der Waals surface area contributed by atoms with E-state index in [9.17, 15) is 9.59 Å². The van der Waals surface area contributed by atoms with Crippen molar-refractivity contribution in [1.29, 1.82) is 0 Å². The van der Waals surface area contributed by atoms with Gasteiger partial charge in [-0.05, 0) is 95.2 Å². The Balaban J connectivity index is 1.62. The third-order valence-electron chi connectivity index (χ3n) is 6.79. The highest BCUT2D eigenvalue weighted by Gasteiger charge is 2.29. The van der Waals surface area contributed by atoms with Crippen molar-refractivity contribution in [1.82, 2.24) is 10.2 Å². The smallest absolute Gasteiger partial charge is 0.338 e. The summed E-state index contributed by atoms with van der Waals surface area (Å²) < 4.78 is 5.57. The predicted molar refractivity (Wildman–Crippen MR) is 147 cm³/mol. The fourth-order valence-electron chi connectivity index (χ4n) is 5.13. The molecule has 1 amide bonds. The molecule has 5 nitrogen and oxygen atoms in total. The second-order valence-electron chi connectivity index (χ2n) is 10.6. The minimum Gasteiger partial charge on any atom is -0.456 e. The Kier molecular flexibility index (Phi) is 9.89. The van der Waals surface area contributed by atoms with E-state index in [4.69, 9.17) is 4.74 Å². The molecule has 1 N–H and O–H groups in total. The summed E-state index contributed by atoms with van der Waals surface area (Å²) in [5.74, 6) is 0.350. The van der Waals surface area contributed by atoms with Crippen molar-refractivity contribution >= 4 is 18.0 Å². The van der Waals surface area contributed by atoms with Gasteiger partial charge in [0.2, 0.25) is 5.91 Å². The molecule has 0 unspecified atom stereocenters. The van der Waals surface area contributed by atoms with E-state index < -0.39 is 5.60 Å². The van der Waals surface area contributed by atoms with Gasteiger partial charge in [-0.25, -0.2) is 4.79 Å². The molecule has 1 aliphatic rings. The Morgan fingerprint density at radius 2 is 1.75 bits per heavy atom. The van der Waals surface area contributed by atoms with Crippen molar-refractivity contribution in [3.63, 3.8) is 0 Å². The SMILES string of the molecule is CCN(C(=O)CC=Cc1ccccc1)C1CCC(c2ccc(C(=O)OC(C)(C)C)cc2CNC)CC1. The van der Waals surface area contributed by atoms with E-state index in [-0.39, 0.29) is 17.9 Å². The van der Waals surface area contributed by atoms with Crippen LogP contribution in [-0.4, -0.2) is 42.0 Å². The van der Waals surface area contributed by atoms with E-state index in [0.717, 1.165) is 43.4 Å². The highest BCUT2D eigenvalue weighted by molar-refractivity contribution is 5.90. The topological polar surface area (TPSA) is 58.6 Å². The standard InChI is InChI=1S/C31H42N2O3/c1-6-33(29(34)14-10-13-23-11-8-7-9-12-23)27-18-15-24(16-19-27)28-20-17-25(21-26(28)22-32-5)30(35)36-31(2,3)4/h7-13,17,20-21,24,27,32H,6,14-16,18-19,22H2,1-5H3. The van der Waals surface area contributed by atoms with Gasteiger partial charge in [0.15, 0.2) is 0 Å². The number of hydrogen-bond donors (Lipinski definition) is 1. The zero-order valence-corrected chi connectivity index (χ0v) is 22.5. The summed E-state index contributed by atoms with van der Waals surface area (Å²) in [5, 5.41) is 3.25. The summed E-state index contributed by atoms with van der Waals surface area (Å²) in [6, 6.07) is 16.4. The van der Waals surface area contributed by atoms with Gasteiger partial charge >= 0.3 is 5.97 Å². The van der Waals surface area contributed by atoms with Gasteiger partial charge in [0, 0.05) is 25.6 Å². The molecular weight excluding hydrogens is 448 g/mol. The van der Waals surface area contributed by atoms with Gasteiger partial charge in [0.25, 0.3) is 0 Å². The number of hydrogen-bond acceptors (Lipinski definition) is 4. The van der Waals surface area contributed by atoms with E-state index in [1.165, 1.54) is 5.56 Å². The first-order chi connectivity index (χ1) is 17.2. The minimum absolute atomic E-state index is 0.200. The van der Waals surface area contributed by atoms with Crippen molar-refractivity contribution in [3.05, 3.63) is 76.9 Å². The third-order valence-corrected chi connectivity index (χ3v) is 6.79. The number of esters is 1. The summed E-state index contributed by atoms with van der Waals surface area (Å²) in [4.78, 5) is 27.6. The summed E-state index contributed by atoms with van der Waals surface area (Å²) in [6.45, 7) is 9.18. The Morgan fingerprint density at radius 1 is 1.06 bits per heavy atom. The normalized spacial score (nSPS) is 18.2. The van der Waals surface area contributed by atoms with Crippen LogP contribution in [0.2, 0.25) is 0 Å². The van der Waals surface area contributed by atoms with E-state index in [1.807, 2.05) is 82.4 Å². The van der Waals surface area contributed by atoms with Crippen molar-refractivity contribution in [2.45, 2.75) is 83.9 Å². The van der Waals surface area contributed by atoms with Gasteiger partial charge in [-0.1, -0.05) is 48.6 Å². The lowest BCUT2D eigenvalue weighted by Gasteiger charge is -2.37. The zero-order valence-electron chi connectivity index (χ0n) is 22.5. The number of benzene rings is 2. The number of rotatable bonds is 9. The molecule has 0 spiro atoms. The first-order valence-corrected chi connectivity index (χ1v) is 13.2. The summed E-state index contributed by atoms with van der Waals surface area (Å²) in [6.07, 6.45) is 8.50. The number of amides is 1. The van der Waals surface area contributed by atoms with Gasteiger partial charge in [0.05, 0.1) is 5.56 Å². The molecule has 0 bridgehead atoms. The van der Waals surface area contributed by atoms with Crippen LogP contribution in [0.25, 0.3) is 6.08 Å². The molecule has 0 aliphatic heterocycles. The third kappa shape index (κ3) is 7.79. The van der Waals surface area contributed by atoms with Crippen LogP contribution in [0, 0.1) is 0 Å². The van der Waals surface area contributed by atoms with Crippen LogP contribution in [0.15, 0.2) is 54.6 Å². The van der Waals surface area contributed by atoms with Crippen molar-refractivity contribution in [2.24, 2.45) is 0 Å². The van der Waals surface area contributed by atoms with Gasteiger partial charge in [0.1, 0.15) is 5.60 Å². The number of carbonyl (C=O) groups is 2. The number of nitrogens with zero attached hydrogens (tertiary/aromatic N) is 1. The Morgan fingerprint density at radius 3 is 2.36 bits per heavy atom. The van der Waals surface area contributed by atoms with Gasteiger partial charge in [-0.2, -0.15) is 0 Å². The number of carbonyl (C=O) groups excluding carboxylic acids is 2. The fourth-order valence-corrected chi connectivity index (χ4v) is 5.13. The van der Waals surface area contributed by atoms with Crippen LogP contribution in [0.4, 0.5) is 0 Å². The fraction of sp³-hybridized carbons (Fsp3) is 0.484. The van der Waals surface area contributed by atoms with Crippen molar-refractivity contribution < 1.29 is 14.3 Å². The lowest BCUT2D eigenvalue weighted by Crippen LogP contribution is -2.41. The van der Waals surface area contributed by atoms with Gasteiger partial charge < -0.3 is 15.0 Å². The minimum atomic E-state index is -0.517. The molecule has 2 aromatic rings. The highest BCUT2D eigenvalue weighted by atomic mass is 16.6. The molecular formula is C31H42N2O3. The monoisotopic (exact) mass is 490 g/mol. The Labute approximate surface area is 216 Å². The first-order valence-electron chi connectivity index (χ1n) is 13.2. The first kappa shape index (κ1) is 27.7. The van der Waals surface area contributed by atoms with Gasteiger partial charge in [-0.15, -0.1) is 0 Å². The summed E-state index contributed by atoms with van der Waals surface area (Å²) in [5.41, 5.74) is 3.65. The van der Waals surface area contributed by atoms with Crippen LogP contribution in [-0.2, 0) is 16.1 Å². The number of nitrogens with one attached hydrogen (secondary N) is 1. The molecule has 36 heavy (non-hydrogen) atoms. The largest absolute Gasteiger partial charge is 0.456 e. The molecule has 2 aromatic carbocycles. The predicted octanol–water partition coefficient (Wildman–Crippen LogP) is 6.34. The molecule has 5 heteroatoms. The van der Waals surface area contributed by atoms with E-state index >= 15 is 0 Å². The molecule has 0 radical (unpaired) electrons. The van der Waals surface area contributed by atoms with Crippen molar-refractivity contribution in [3.8, 4) is 0 Å². The summed E-state index contributed by atoms with van der Waals surface area (Å²) in [7, 11) is 1.93. The van der Waals surface area contributed by atoms with Crippen molar-refractivity contribution in [2.75, 3.05) is 13.6 Å². The second-order valence-corrected chi connectivity index (χ2v) is 10.6. The van der Waals surface area contributed by atoms with Crippen LogP contribution in [0.1, 0.15) is 92.8 Å². The maximum atomic E-state index is 13.0. The molecule has 194 valence electrons. The molecule has 0 heterocycles. The number of ether oxygens (including phenoxy) is 1. The molecule has 3 rings (SSSR count). The molecule has 0 aromatic heterocycles. The van der Waals surface area contributed by atoms with E-state index in [2.05, 4.69) is 23.2 Å². The molecule has 1 aliphatic carbocycles.